The Kier molecular flexibility index (Phi) is 3.74. The zero-order valence-corrected chi connectivity index (χ0v) is 12.1. The molecule has 1 amide bonds. The number of hydrogen-bond donors (Lipinski definition) is 1. The maximum Gasteiger partial charge on any atom is 0.273 e. The van der Waals surface area contributed by atoms with Gasteiger partial charge in [-0.05, 0) is 6.92 Å². The number of benzene rings is 1. The van der Waals surface area contributed by atoms with Crippen LogP contribution in [0.4, 0.5) is 0 Å². The van der Waals surface area contributed by atoms with Gasteiger partial charge in [0.1, 0.15) is 10.0 Å². The molecule has 3 aromatic rings. The first-order valence-electron chi connectivity index (χ1n) is 6.32. The van der Waals surface area contributed by atoms with E-state index in [0.717, 1.165) is 15.6 Å². The highest BCUT2D eigenvalue weighted by Gasteiger charge is 2.14. The second kappa shape index (κ2) is 5.84. The predicted molar refractivity (Wildman–Crippen MR) is 77.8 cm³/mol. The smallest absolute Gasteiger partial charge is 0.273 e. The molecule has 0 aliphatic rings. The highest BCUT2D eigenvalue weighted by molar-refractivity contribution is 7.11. The van der Waals surface area contributed by atoms with E-state index in [1.54, 1.807) is 6.07 Å². The van der Waals surface area contributed by atoms with Gasteiger partial charge >= 0.3 is 0 Å². The van der Waals surface area contributed by atoms with Gasteiger partial charge in [0.15, 0.2) is 11.5 Å². The molecule has 3 rings (SSSR count). The van der Waals surface area contributed by atoms with E-state index in [9.17, 15) is 4.79 Å². The van der Waals surface area contributed by atoms with Gasteiger partial charge in [-0.1, -0.05) is 46.8 Å². The molecule has 0 bridgehead atoms. The fourth-order valence-electron chi connectivity index (χ4n) is 1.78. The maximum absolute atomic E-state index is 12.0. The lowest BCUT2D eigenvalue weighted by Gasteiger charge is -1.97. The Balaban J connectivity index is 1.67. The first kappa shape index (κ1) is 13.4. The van der Waals surface area contributed by atoms with Crippen LogP contribution in [0.15, 0.2) is 40.9 Å². The third-order valence-electron chi connectivity index (χ3n) is 2.77. The second-order valence-electron chi connectivity index (χ2n) is 4.34. The van der Waals surface area contributed by atoms with Gasteiger partial charge in [-0.2, -0.15) is 0 Å². The van der Waals surface area contributed by atoms with Crippen LogP contribution in [0.2, 0.25) is 0 Å². The molecule has 0 unspecified atom stereocenters. The Morgan fingerprint density at radius 1 is 1.29 bits per heavy atom. The van der Waals surface area contributed by atoms with Crippen molar-refractivity contribution < 1.29 is 9.32 Å². The number of nitrogens with one attached hydrogen (secondary N) is 1. The largest absolute Gasteiger partial charge is 0.355 e. The normalized spacial score (nSPS) is 10.5. The minimum Gasteiger partial charge on any atom is -0.355 e. The summed E-state index contributed by atoms with van der Waals surface area (Å²) in [7, 11) is 0. The summed E-state index contributed by atoms with van der Waals surface area (Å²) in [4.78, 5) is 12.0. The molecule has 1 N–H and O–H groups in total. The number of hydrogen-bond acceptors (Lipinski definition) is 6. The lowest BCUT2D eigenvalue weighted by molar-refractivity contribution is 0.0942. The summed E-state index contributed by atoms with van der Waals surface area (Å²) in [6.45, 7) is 2.20. The Labute approximate surface area is 124 Å². The van der Waals surface area contributed by atoms with Crippen molar-refractivity contribution in [3.05, 3.63) is 52.1 Å². The molecule has 2 heterocycles. The molecule has 106 valence electrons. The molecule has 7 heteroatoms. The van der Waals surface area contributed by atoms with Crippen LogP contribution in [0.3, 0.4) is 0 Å². The average molecular weight is 300 g/mol. The van der Waals surface area contributed by atoms with Crippen molar-refractivity contribution in [1.29, 1.82) is 0 Å². The topological polar surface area (TPSA) is 80.9 Å². The van der Waals surface area contributed by atoms with E-state index in [1.165, 1.54) is 11.3 Å². The molecule has 0 aliphatic carbocycles. The lowest BCUT2D eigenvalue weighted by Crippen LogP contribution is -2.22. The van der Waals surface area contributed by atoms with Crippen molar-refractivity contribution in [3.8, 4) is 11.3 Å². The van der Waals surface area contributed by atoms with Crippen LogP contribution in [0.5, 0.6) is 0 Å². The quantitative estimate of drug-likeness (QED) is 0.800. The van der Waals surface area contributed by atoms with Gasteiger partial charge in [-0.3, -0.25) is 4.79 Å². The zero-order chi connectivity index (χ0) is 14.7. The summed E-state index contributed by atoms with van der Waals surface area (Å²) < 4.78 is 5.19. The molecule has 0 fully saturated rings. The van der Waals surface area contributed by atoms with E-state index in [1.807, 2.05) is 37.3 Å². The van der Waals surface area contributed by atoms with Gasteiger partial charge in [-0.15, -0.1) is 10.2 Å². The SMILES string of the molecule is Cc1nnc(CNC(=O)c2cc(-c3ccccc3)on2)s1. The van der Waals surface area contributed by atoms with E-state index in [0.29, 0.717) is 12.3 Å². The first-order chi connectivity index (χ1) is 10.2. The van der Waals surface area contributed by atoms with Crippen molar-refractivity contribution >= 4 is 17.2 Å². The van der Waals surface area contributed by atoms with Gasteiger partial charge in [0, 0.05) is 11.6 Å². The van der Waals surface area contributed by atoms with Crippen LogP contribution in [0, 0.1) is 6.92 Å². The molecule has 0 saturated heterocycles. The van der Waals surface area contributed by atoms with Crippen molar-refractivity contribution in [1.82, 2.24) is 20.7 Å². The molecule has 0 saturated carbocycles. The number of carbonyl (C=O) groups is 1. The molecule has 6 nitrogen and oxygen atoms in total. The van der Waals surface area contributed by atoms with Crippen LogP contribution in [0.25, 0.3) is 11.3 Å². The molecule has 21 heavy (non-hydrogen) atoms. The monoisotopic (exact) mass is 300 g/mol. The summed E-state index contributed by atoms with van der Waals surface area (Å²) in [5.41, 5.74) is 1.12. The van der Waals surface area contributed by atoms with E-state index >= 15 is 0 Å². The summed E-state index contributed by atoms with van der Waals surface area (Å²) >= 11 is 1.45. The molecule has 0 spiro atoms. The minimum atomic E-state index is -0.297. The summed E-state index contributed by atoms with van der Waals surface area (Å²) in [6.07, 6.45) is 0. The Morgan fingerprint density at radius 3 is 2.81 bits per heavy atom. The van der Waals surface area contributed by atoms with Gasteiger partial charge < -0.3 is 9.84 Å². The van der Waals surface area contributed by atoms with Crippen molar-refractivity contribution in [2.75, 3.05) is 0 Å². The standard InChI is InChI=1S/C14H12N4O2S/c1-9-16-17-13(21-9)8-15-14(19)11-7-12(20-18-11)10-5-3-2-4-6-10/h2-7H,8H2,1H3,(H,15,19). The number of nitrogens with zero attached hydrogens (tertiary/aromatic N) is 3. The van der Waals surface area contributed by atoms with E-state index in [2.05, 4.69) is 20.7 Å². The van der Waals surface area contributed by atoms with Gasteiger partial charge in [0.25, 0.3) is 5.91 Å². The van der Waals surface area contributed by atoms with Crippen LogP contribution < -0.4 is 5.32 Å². The Hall–Kier alpha value is -2.54. The number of rotatable bonds is 4. The fraction of sp³-hybridized carbons (Fsp3) is 0.143. The highest BCUT2D eigenvalue weighted by Crippen LogP contribution is 2.19. The van der Waals surface area contributed by atoms with Crippen molar-refractivity contribution in [2.45, 2.75) is 13.5 Å². The summed E-state index contributed by atoms with van der Waals surface area (Å²) in [5.74, 6) is 0.265. The van der Waals surface area contributed by atoms with Gasteiger partial charge in [0.05, 0.1) is 6.54 Å². The van der Waals surface area contributed by atoms with Gasteiger partial charge in [-0.25, -0.2) is 0 Å². The van der Waals surface area contributed by atoms with Crippen molar-refractivity contribution in [2.24, 2.45) is 0 Å². The first-order valence-corrected chi connectivity index (χ1v) is 7.13. The Bertz CT molecular complexity index is 751. The zero-order valence-electron chi connectivity index (χ0n) is 11.2. The average Bonchev–Trinajstić information content (AvgIpc) is 3.15. The third kappa shape index (κ3) is 3.14. The minimum absolute atomic E-state index is 0.245. The van der Waals surface area contributed by atoms with Crippen LogP contribution in [0.1, 0.15) is 20.5 Å². The molecular weight excluding hydrogens is 288 g/mol. The van der Waals surface area contributed by atoms with Crippen LogP contribution in [-0.2, 0) is 6.54 Å². The van der Waals surface area contributed by atoms with E-state index in [4.69, 9.17) is 4.52 Å². The second-order valence-corrected chi connectivity index (χ2v) is 5.61. The maximum atomic E-state index is 12.0. The summed E-state index contributed by atoms with van der Waals surface area (Å²) in [5, 5.41) is 16.0. The van der Waals surface area contributed by atoms with Crippen LogP contribution >= 0.6 is 11.3 Å². The van der Waals surface area contributed by atoms with E-state index in [-0.39, 0.29) is 11.6 Å². The molecule has 2 aromatic heterocycles. The van der Waals surface area contributed by atoms with Gasteiger partial charge in [0.2, 0.25) is 0 Å². The molecule has 1 aromatic carbocycles. The number of aromatic nitrogens is 3. The summed E-state index contributed by atoms with van der Waals surface area (Å²) in [6, 6.07) is 11.1. The number of carbonyl (C=O) groups excluding carboxylic acids is 1. The van der Waals surface area contributed by atoms with E-state index < -0.39 is 0 Å². The fourth-order valence-corrected chi connectivity index (χ4v) is 2.42. The Morgan fingerprint density at radius 2 is 2.10 bits per heavy atom. The third-order valence-corrected chi connectivity index (χ3v) is 3.61. The predicted octanol–water partition coefficient (Wildman–Crippen LogP) is 2.43. The molecule has 0 atom stereocenters. The highest BCUT2D eigenvalue weighted by atomic mass is 32.1. The number of aryl methyl sites for hydroxylation is 1. The lowest BCUT2D eigenvalue weighted by atomic mass is 10.1. The molecule has 0 radical (unpaired) electrons. The molecular formula is C14H12N4O2S. The molecule has 0 aliphatic heterocycles. The van der Waals surface area contributed by atoms with Crippen LogP contribution in [-0.4, -0.2) is 21.3 Å². The van der Waals surface area contributed by atoms with Crippen molar-refractivity contribution in [3.63, 3.8) is 0 Å². The number of amides is 1.